The molecule has 0 saturated heterocycles. The van der Waals surface area contributed by atoms with Crippen molar-refractivity contribution in [3.05, 3.63) is 28.2 Å². The first-order valence-corrected chi connectivity index (χ1v) is 5.62. The van der Waals surface area contributed by atoms with Crippen LogP contribution in [-0.2, 0) is 0 Å². The molecule has 0 fully saturated rings. The molecule has 15 heavy (non-hydrogen) atoms. The predicted octanol–water partition coefficient (Wildman–Crippen LogP) is 2.47. The van der Waals surface area contributed by atoms with Crippen molar-refractivity contribution in [3.63, 3.8) is 0 Å². The van der Waals surface area contributed by atoms with Crippen LogP contribution in [-0.4, -0.2) is 12.6 Å². The Labute approximate surface area is 98.4 Å². The molecule has 0 saturated carbocycles. The molecule has 3 nitrogen and oxygen atoms in total. The first kappa shape index (κ1) is 12.0. The van der Waals surface area contributed by atoms with Gasteiger partial charge in [-0.25, -0.2) is 0 Å². The van der Waals surface area contributed by atoms with Gasteiger partial charge >= 0.3 is 0 Å². The molecular formula is C11H14BrN3. The Morgan fingerprint density at radius 3 is 2.93 bits per heavy atom. The van der Waals surface area contributed by atoms with Crippen molar-refractivity contribution < 1.29 is 0 Å². The van der Waals surface area contributed by atoms with Gasteiger partial charge in [0.15, 0.2) is 0 Å². The second-order valence-electron chi connectivity index (χ2n) is 3.49. The largest absolute Gasteiger partial charge is 0.384 e. The number of nitrogens with one attached hydrogen (secondary N) is 1. The van der Waals surface area contributed by atoms with E-state index in [1.807, 2.05) is 19.1 Å². The van der Waals surface area contributed by atoms with E-state index >= 15 is 0 Å². The molecule has 0 aliphatic rings. The summed E-state index contributed by atoms with van der Waals surface area (Å²) >= 11 is 3.37. The third-order valence-corrected chi connectivity index (χ3v) is 2.51. The van der Waals surface area contributed by atoms with Crippen LogP contribution in [0.3, 0.4) is 0 Å². The second kappa shape index (κ2) is 5.74. The molecule has 1 unspecified atom stereocenters. The zero-order valence-electron chi connectivity index (χ0n) is 8.63. The Balaban J connectivity index is 2.67. The minimum Gasteiger partial charge on any atom is -0.384 e. The highest BCUT2D eigenvalue weighted by atomic mass is 79.9. The lowest BCUT2D eigenvalue weighted by molar-refractivity contribution is 0.690. The highest BCUT2D eigenvalue weighted by molar-refractivity contribution is 9.10. The summed E-state index contributed by atoms with van der Waals surface area (Å²) in [5, 5.41) is 12.1. The lowest BCUT2D eigenvalue weighted by Gasteiger charge is -2.10. The monoisotopic (exact) mass is 267 g/mol. The number of anilines is 1. The van der Waals surface area contributed by atoms with E-state index in [1.165, 1.54) is 0 Å². The van der Waals surface area contributed by atoms with Gasteiger partial charge in [0.25, 0.3) is 0 Å². The predicted molar refractivity (Wildman–Crippen MR) is 65.6 cm³/mol. The molecule has 1 rings (SSSR count). The third-order valence-electron chi connectivity index (χ3n) is 2.02. The van der Waals surface area contributed by atoms with E-state index in [-0.39, 0.29) is 6.04 Å². The van der Waals surface area contributed by atoms with Crippen molar-refractivity contribution in [2.45, 2.75) is 19.4 Å². The molecule has 0 heterocycles. The zero-order chi connectivity index (χ0) is 11.3. The average Bonchev–Trinajstić information content (AvgIpc) is 2.17. The standard InChI is InChI=1S/C11H14BrN3/c1-8(14)4-5-15-11-6-10(12)3-2-9(11)7-13/h2-3,6,8,15H,4-5,14H2,1H3. The van der Waals surface area contributed by atoms with Gasteiger partial charge < -0.3 is 11.1 Å². The lowest BCUT2D eigenvalue weighted by atomic mass is 10.2. The Hall–Kier alpha value is -1.05. The molecule has 1 atom stereocenters. The van der Waals surface area contributed by atoms with E-state index in [4.69, 9.17) is 11.0 Å². The highest BCUT2D eigenvalue weighted by Crippen LogP contribution is 2.20. The Kier molecular flexibility index (Phi) is 4.60. The molecule has 0 aliphatic carbocycles. The first-order chi connectivity index (χ1) is 7.13. The molecular weight excluding hydrogens is 254 g/mol. The van der Waals surface area contributed by atoms with E-state index in [9.17, 15) is 0 Å². The normalized spacial score (nSPS) is 11.9. The summed E-state index contributed by atoms with van der Waals surface area (Å²) in [6, 6.07) is 7.87. The van der Waals surface area contributed by atoms with E-state index in [2.05, 4.69) is 27.3 Å². The zero-order valence-corrected chi connectivity index (χ0v) is 10.2. The summed E-state index contributed by atoms with van der Waals surface area (Å²) in [5.74, 6) is 0. The molecule has 1 aromatic rings. The summed E-state index contributed by atoms with van der Waals surface area (Å²) in [4.78, 5) is 0. The molecule has 4 heteroatoms. The average molecular weight is 268 g/mol. The highest BCUT2D eigenvalue weighted by Gasteiger charge is 2.02. The van der Waals surface area contributed by atoms with E-state index in [1.54, 1.807) is 6.07 Å². The van der Waals surface area contributed by atoms with Crippen LogP contribution in [0.5, 0.6) is 0 Å². The molecule has 0 aliphatic heterocycles. The van der Waals surface area contributed by atoms with Crippen LogP contribution in [0, 0.1) is 11.3 Å². The third kappa shape index (κ3) is 3.90. The van der Waals surface area contributed by atoms with Gasteiger partial charge in [-0.05, 0) is 31.5 Å². The summed E-state index contributed by atoms with van der Waals surface area (Å²) in [6.45, 7) is 2.75. The lowest BCUT2D eigenvalue weighted by Crippen LogP contribution is -2.19. The number of nitriles is 1. The van der Waals surface area contributed by atoms with Crippen molar-refractivity contribution in [2.75, 3.05) is 11.9 Å². The Bertz CT molecular complexity index is 369. The topological polar surface area (TPSA) is 61.8 Å². The summed E-state index contributed by atoms with van der Waals surface area (Å²) in [5.41, 5.74) is 7.15. The minimum atomic E-state index is 0.176. The fourth-order valence-corrected chi connectivity index (χ4v) is 1.56. The van der Waals surface area contributed by atoms with Gasteiger partial charge in [0, 0.05) is 17.1 Å². The van der Waals surface area contributed by atoms with Gasteiger partial charge in [0.1, 0.15) is 6.07 Å². The van der Waals surface area contributed by atoms with Crippen molar-refractivity contribution in [3.8, 4) is 6.07 Å². The minimum absolute atomic E-state index is 0.176. The molecule has 0 aromatic heterocycles. The van der Waals surface area contributed by atoms with Crippen molar-refractivity contribution >= 4 is 21.6 Å². The molecule has 0 radical (unpaired) electrons. The SMILES string of the molecule is CC(N)CCNc1cc(Br)ccc1C#N. The van der Waals surface area contributed by atoms with Crippen molar-refractivity contribution in [2.24, 2.45) is 5.73 Å². The van der Waals surface area contributed by atoms with Gasteiger partial charge in [-0.3, -0.25) is 0 Å². The second-order valence-corrected chi connectivity index (χ2v) is 4.41. The number of hydrogen-bond acceptors (Lipinski definition) is 3. The van der Waals surface area contributed by atoms with Crippen LogP contribution >= 0.6 is 15.9 Å². The van der Waals surface area contributed by atoms with Crippen LogP contribution in [0.25, 0.3) is 0 Å². The fourth-order valence-electron chi connectivity index (χ4n) is 1.19. The number of benzene rings is 1. The molecule has 80 valence electrons. The van der Waals surface area contributed by atoms with Gasteiger partial charge in [-0.2, -0.15) is 5.26 Å². The van der Waals surface area contributed by atoms with E-state index < -0.39 is 0 Å². The van der Waals surface area contributed by atoms with Crippen molar-refractivity contribution in [1.82, 2.24) is 0 Å². The molecule has 0 bridgehead atoms. The van der Waals surface area contributed by atoms with Gasteiger partial charge in [-0.1, -0.05) is 15.9 Å². The maximum Gasteiger partial charge on any atom is 0.101 e. The van der Waals surface area contributed by atoms with Crippen LogP contribution in [0.1, 0.15) is 18.9 Å². The van der Waals surface area contributed by atoms with Gasteiger partial charge in [0.05, 0.1) is 11.3 Å². The Morgan fingerprint density at radius 1 is 1.60 bits per heavy atom. The summed E-state index contributed by atoms with van der Waals surface area (Å²) in [7, 11) is 0. The summed E-state index contributed by atoms with van der Waals surface area (Å²) < 4.78 is 0.963. The maximum atomic E-state index is 8.89. The van der Waals surface area contributed by atoms with Gasteiger partial charge in [-0.15, -0.1) is 0 Å². The molecule has 0 spiro atoms. The number of hydrogen-bond donors (Lipinski definition) is 2. The first-order valence-electron chi connectivity index (χ1n) is 4.82. The van der Waals surface area contributed by atoms with E-state index in [0.29, 0.717) is 5.56 Å². The number of rotatable bonds is 4. The fraction of sp³-hybridized carbons (Fsp3) is 0.364. The van der Waals surface area contributed by atoms with Gasteiger partial charge in [0.2, 0.25) is 0 Å². The maximum absolute atomic E-state index is 8.89. The van der Waals surface area contributed by atoms with Crippen LogP contribution in [0.4, 0.5) is 5.69 Å². The van der Waals surface area contributed by atoms with E-state index in [0.717, 1.165) is 23.1 Å². The molecule has 3 N–H and O–H groups in total. The van der Waals surface area contributed by atoms with Crippen molar-refractivity contribution in [1.29, 1.82) is 5.26 Å². The molecule has 0 amide bonds. The van der Waals surface area contributed by atoms with Crippen LogP contribution < -0.4 is 11.1 Å². The quantitative estimate of drug-likeness (QED) is 0.881. The number of nitrogens with zero attached hydrogens (tertiary/aromatic N) is 1. The Morgan fingerprint density at radius 2 is 2.33 bits per heavy atom. The number of halogens is 1. The van der Waals surface area contributed by atoms with Crippen LogP contribution in [0.15, 0.2) is 22.7 Å². The smallest absolute Gasteiger partial charge is 0.101 e. The summed E-state index contributed by atoms with van der Waals surface area (Å²) in [6.07, 6.45) is 0.886. The van der Waals surface area contributed by atoms with Crippen LogP contribution in [0.2, 0.25) is 0 Å². The molecule has 1 aromatic carbocycles. The number of nitrogens with two attached hydrogens (primary N) is 1.